The molecular weight excluding hydrogens is 268 g/mol. The van der Waals surface area contributed by atoms with E-state index in [0.29, 0.717) is 6.54 Å². The zero-order valence-electron chi connectivity index (χ0n) is 12.2. The molecule has 6 nitrogen and oxygen atoms in total. The number of phenolic OH excluding ortho intramolecular Hbond substituents is 1. The van der Waals surface area contributed by atoms with Crippen LogP contribution in [0.4, 0.5) is 4.79 Å². The van der Waals surface area contributed by atoms with Crippen LogP contribution in [0.1, 0.15) is 24.1 Å². The predicted octanol–water partition coefficient (Wildman–Crippen LogP) is 1.73. The minimum Gasteiger partial charge on any atom is -0.508 e. The zero-order valence-corrected chi connectivity index (χ0v) is 12.2. The number of amides is 2. The van der Waals surface area contributed by atoms with E-state index < -0.39 is 0 Å². The second kappa shape index (κ2) is 6.78. The number of aromatic nitrogens is 2. The molecule has 0 saturated heterocycles. The second-order valence-corrected chi connectivity index (χ2v) is 4.99. The van der Waals surface area contributed by atoms with Gasteiger partial charge in [0, 0.05) is 25.4 Å². The van der Waals surface area contributed by atoms with Crippen molar-refractivity contribution in [2.24, 2.45) is 7.05 Å². The molecule has 0 bridgehead atoms. The highest BCUT2D eigenvalue weighted by Crippen LogP contribution is 2.10. The average molecular weight is 288 g/mol. The molecule has 1 heterocycles. The summed E-state index contributed by atoms with van der Waals surface area (Å²) >= 11 is 0. The molecule has 2 amide bonds. The van der Waals surface area contributed by atoms with Gasteiger partial charge < -0.3 is 15.7 Å². The van der Waals surface area contributed by atoms with Gasteiger partial charge in [0.25, 0.3) is 0 Å². The maximum Gasteiger partial charge on any atom is 0.315 e. The van der Waals surface area contributed by atoms with Gasteiger partial charge in [-0.05, 0) is 31.0 Å². The van der Waals surface area contributed by atoms with Crippen molar-refractivity contribution >= 4 is 6.03 Å². The summed E-state index contributed by atoms with van der Waals surface area (Å²) in [6, 6.07) is 6.66. The van der Waals surface area contributed by atoms with Gasteiger partial charge in [0.15, 0.2) is 0 Å². The lowest BCUT2D eigenvalue weighted by Crippen LogP contribution is -2.37. The van der Waals surface area contributed by atoms with Crippen molar-refractivity contribution in [3.05, 3.63) is 47.8 Å². The number of nitrogens with one attached hydrogen (secondary N) is 2. The van der Waals surface area contributed by atoms with E-state index in [4.69, 9.17) is 0 Å². The Morgan fingerprint density at radius 3 is 2.71 bits per heavy atom. The summed E-state index contributed by atoms with van der Waals surface area (Å²) in [5.41, 5.74) is 2.03. The standard InChI is InChI=1S/C15H20N4O2/c1-11(13-9-17-19(2)10-13)18-15(21)16-8-7-12-3-5-14(20)6-4-12/h3-6,9-11,20H,7-8H2,1-2H3,(H2,16,18,21)/t11-/m1/s1. The lowest BCUT2D eigenvalue weighted by atomic mass is 10.1. The first kappa shape index (κ1) is 14.9. The molecule has 2 rings (SSSR count). The van der Waals surface area contributed by atoms with Gasteiger partial charge in [-0.25, -0.2) is 4.79 Å². The molecule has 3 N–H and O–H groups in total. The molecule has 0 saturated carbocycles. The van der Waals surface area contributed by atoms with E-state index in [9.17, 15) is 9.90 Å². The summed E-state index contributed by atoms with van der Waals surface area (Å²) in [7, 11) is 1.84. The number of carbonyl (C=O) groups excluding carboxylic acids is 1. The molecule has 21 heavy (non-hydrogen) atoms. The molecule has 112 valence electrons. The number of aromatic hydroxyl groups is 1. The van der Waals surface area contributed by atoms with Crippen LogP contribution < -0.4 is 10.6 Å². The minimum atomic E-state index is -0.204. The van der Waals surface area contributed by atoms with Crippen LogP contribution in [0, 0.1) is 0 Å². The SMILES string of the molecule is C[C@@H](NC(=O)NCCc1ccc(O)cc1)c1cnn(C)c1. The van der Waals surface area contributed by atoms with Crippen molar-refractivity contribution in [1.82, 2.24) is 20.4 Å². The Kier molecular flexibility index (Phi) is 4.81. The van der Waals surface area contributed by atoms with Gasteiger partial charge >= 0.3 is 6.03 Å². The number of benzene rings is 1. The van der Waals surface area contributed by atoms with E-state index in [-0.39, 0.29) is 17.8 Å². The van der Waals surface area contributed by atoms with Crippen LogP contribution in [-0.2, 0) is 13.5 Å². The van der Waals surface area contributed by atoms with Gasteiger partial charge in [-0.2, -0.15) is 5.10 Å². The topological polar surface area (TPSA) is 79.2 Å². The summed E-state index contributed by atoms with van der Waals surface area (Å²) in [5, 5.41) is 18.9. The van der Waals surface area contributed by atoms with E-state index in [0.717, 1.165) is 17.5 Å². The fourth-order valence-electron chi connectivity index (χ4n) is 1.98. The molecule has 2 aromatic rings. The number of hydrogen-bond donors (Lipinski definition) is 3. The van der Waals surface area contributed by atoms with E-state index in [2.05, 4.69) is 15.7 Å². The van der Waals surface area contributed by atoms with Crippen molar-refractivity contribution in [2.75, 3.05) is 6.54 Å². The fourth-order valence-corrected chi connectivity index (χ4v) is 1.98. The smallest absolute Gasteiger partial charge is 0.315 e. The summed E-state index contributed by atoms with van der Waals surface area (Å²) < 4.78 is 1.70. The Hall–Kier alpha value is -2.50. The number of rotatable bonds is 5. The monoisotopic (exact) mass is 288 g/mol. The first-order chi connectivity index (χ1) is 10.0. The zero-order chi connectivity index (χ0) is 15.2. The lowest BCUT2D eigenvalue weighted by Gasteiger charge is -2.13. The maximum atomic E-state index is 11.8. The Morgan fingerprint density at radius 2 is 2.10 bits per heavy atom. The highest BCUT2D eigenvalue weighted by Gasteiger charge is 2.10. The third kappa shape index (κ3) is 4.52. The van der Waals surface area contributed by atoms with Gasteiger partial charge in [-0.15, -0.1) is 0 Å². The van der Waals surface area contributed by atoms with Crippen LogP contribution in [0.5, 0.6) is 5.75 Å². The lowest BCUT2D eigenvalue weighted by molar-refractivity contribution is 0.238. The van der Waals surface area contributed by atoms with Crippen LogP contribution >= 0.6 is 0 Å². The van der Waals surface area contributed by atoms with Gasteiger partial charge in [-0.3, -0.25) is 4.68 Å². The van der Waals surface area contributed by atoms with Crippen molar-refractivity contribution in [2.45, 2.75) is 19.4 Å². The van der Waals surface area contributed by atoms with Crippen LogP contribution in [0.15, 0.2) is 36.7 Å². The average Bonchev–Trinajstić information content (AvgIpc) is 2.88. The number of urea groups is 1. The Morgan fingerprint density at radius 1 is 1.38 bits per heavy atom. The molecule has 0 unspecified atom stereocenters. The summed E-state index contributed by atoms with van der Waals surface area (Å²) in [6.45, 7) is 2.45. The van der Waals surface area contributed by atoms with Crippen molar-refractivity contribution in [1.29, 1.82) is 0 Å². The number of carbonyl (C=O) groups is 1. The van der Waals surface area contributed by atoms with Crippen LogP contribution in [0.2, 0.25) is 0 Å². The molecular formula is C15H20N4O2. The fraction of sp³-hybridized carbons (Fsp3) is 0.333. The molecule has 0 aliphatic carbocycles. The molecule has 1 atom stereocenters. The van der Waals surface area contributed by atoms with Crippen molar-refractivity contribution < 1.29 is 9.90 Å². The Labute approximate surface area is 123 Å². The first-order valence-corrected chi connectivity index (χ1v) is 6.85. The quantitative estimate of drug-likeness (QED) is 0.784. The van der Waals surface area contributed by atoms with Crippen LogP contribution in [0.3, 0.4) is 0 Å². The maximum absolute atomic E-state index is 11.8. The van der Waals surface area contributed by atoms with E-state index in [1.807, 2.05) is 32.3 Å². The summed E-state index contributed by atoms with van der Waals surface area (Å²) in [5.74, 6) is 0.245. The minimum absolute atomic E-state index is 0.0904. The summed E-state index contributed by atoms with van der Waals surface area (Å²) in [6.07, 6.45) is 4.33. The van der Waals surface area contributed by atoms with Gasteiger partial charge in [0.1, 0.15) is 5.75 Å². The highest BCUT2D eigenvalue weighted by atomic mass is 16.3. The summed E-state index contributed by atoms with van der Waals surface area (Å²) in [4.78, 5) is 11.8. The Balaban J connectivity index is 1.73. The largest absolute Gasteiger partial charge is 0.508 e. The molecule has 1 aromatic carbocycles. The molecule has 0 spiro atoms. The first-order valence-electron chi connectivity index (χ1n) is 6.85. The molecule has 0 aliphatic heterocycles. The van der Waals surface area contributed by atoms with Crippen LogP contribution in [-0.4, -0.2) is 27.5 Å². The molecule has 0 radical (unpaired) electrons. The number of phenols is 1. The van der Waals surface area contributed by atoms with Gasteiger partial charge in [0.2, 0.25) is 0 Å². The van der Waals surface area contributed by atoms with Crippen molar-refractivity contribution in [3.63, 3.8) is 0 Å². The van der Waals surface area contributed by atoms with Crippen molar-refractivity contribution in [3.8, 4) is 5.75 Å². The van der Waals surface area contributed by atoms with Crippen LogP contribution in [0.25, 0.3) is 0 Å². The van der Waals surface area contributed by atoms with Gasteiger partial charge in [0.05, 0.1) is 12.2 Å². The highest BCUT2D eigenvalue weighted by molar-refractivity contribution is 5.74. The second-order valence-electron chi connectivity index (χ2n) is 4.99. The molecule has 0 aliphatic rings. The number of hydrogen-bond acceptors (Lipinski definition) is 3. The normalized spacial score (nSPS) is 11.9. The number of aryl methyl sites for hydroxylation is 1. The van der Waals surface area contributed by atoms with E-state index in [1.165, 1.54) is 0 Å². The van der Waals surface area contributed by atoms with E-state index >= 15 is 0 Å². The third-order valence-corrected chi connectivity index (χ3v) is 3.21. The molecule has 1 aromatic heterocycles. The third-order valence-electron chi connectivity index (χ3n) is 3.21. The predicted molar refractivity (Wildman–Crippen MR) is 80.0 cm³/mol. The van der Waals surface area contributed by atoms with Gasteiger partial charge in [-0.1, -0.05) is 12.1 Å². The Bertz CT molecular complexity index is 592. The number of nitrogens with zero attached hydrogens (tertiary/aromatic N) is 2. The molecule has 6 heteroatoms. The van der Waals surface area contributed by atoms with E-state index in [1.54, 1.807) is 23.0 Å². The molecule has 0 fully saturated rings.